The predicted octanol–water partition coefficient (Wildman–Crippen LogP) is 4.27. The van der Waals surface area contributed by atoms with E-state index in [9.17, 15) is 4.79 Å². The highest BCUT2D eigenvalue weighted by molar-refractivity contribution is 6.32. The minimum Gasteiger partial charge on any atom is -0.490 e. The average molecular weight is 415 g/mol. The van der Waals surface area contributed by atoms with Crippen molar-refractivity contribution in [2.75, 3.05) is 19.8 Å². The first-order valence-corrected chi connectivity index (χ1v) is 9.87. The zero-order valence-corrected chi connectivity index (χ0v) is 17.2. The smallest absolute Gasteiger partial charge is 0.258 e. The highest BCUT2D eigenvalue weighted by atomic mass is 35.5. The van der Waals surface area contributed by atoms with Crippen LogP contribution in [0, 0.1) is 17.2 Å². The molecule has 0 saturated carbocycles. The Morgan fingerprint density at radius 2 is 1.97 bits per heavy atom. The molecule has 1 aliphatic rings. The van der Waals surface area contributed by atoms with Gasteiger partial charge in [-0.3, -0.25) is 4.79 Å². The van der Waals surface area contributed by atoms with Crippen LogP contribution in [0.4, 0.5) is 0 Å². The third-order valence-corrected chi connectivity index (χ3v) is 4.83. The summed E-state index contributed by atoms with van der Waals surface area (Å²) in [6.45, 7) is 5.12. The molecule has 6 nitrogen and oxygen atoms in total. The number of benzene rings is 2. The van der Waals surface area contributed by atoms with Crippen LogP contribution in [0.2, 0.25) is 5.02 Å². The summed E-state index contributed by atoms with van der Waals surface area (Å²) in [4.78, 5) is 12.5. The summed E-state index contributed by atoms with van der Waals surface area (Å²) in [5, 5.41) is 12.2. The Hall–Kier alpha value is -2.91. The number of nitrogens with zero attached hydrogens (tertiary/aromatic N) is 1. The first-order valence-electron chi connectivity index (χ1n) is 9.49. The molecule has 3 rings (SSSR count). The molecule has 2 aromatic carbocycles. The Morgan fingerprint density at radius 3 is 2.66 bits per heavy atom. The molecule has 1 N–H and O–H groups in total. The third kappa shape index (κ3) is 5.33. The zero-order chi connectivity index (χ0) is 20.8. The van der Waals surface area contributed by atoms with Crippen molar-refractivity contribution in [3.63, 3.8) is 0 Å². The van der Waals surface area contributed by atoms with Crippen molar-refractivity contribution >= 4 is 17.5 Å². The van der Waals surface area contributed by atoms with E-state index >= 15 is 0 Å². The number of hydrogen-bond donors (Lipinski definition) is 1. The minimum absolute atomic E-state index is 0.155. The van der Waals surface area contributed by atoms with E-state index in [0.29, 0.717) is 35.3 Å². The number of rotatable bonds is 6. The lowest BCUT2D eigenvalue weighted by molar-refractivity contribution is -0.124. The number of hydrogen-bond acceptors (Lipinski definition) is 5. The van der Waals surface area contributed by atoms with Crippen molar-refractivity contribution < 1.29 is 19.0 Å². The largest absolute Gasteiger partial charge is 0.490 e. The van der Waals surface area contributed by atoms with Crippen LogP contribution < -0.4 is 19.5 Å². The monoisotopic (exact) mass is 414 g/mol. The van der Waals surface area contributed by atoms with E-state index in [0.717, 1.165) is 17.7 Å². The van der Waals surface area contributed by atoms with Crippen molar-refractivity contribution in [2.45, 2.75) is 26.3 Å². The van der Waals surface area contributed by atoms with Crippen LogP contribution >= 0.6 is 11.6 Å². The Labute approximate surface area is 175 Å². The number of amides is 1. The molecule has 0 bridgehead atoms. The molecule has 0 aliphatic carbocycles. The predicted molar refractivity (Wildman–Crippen MR) is 109 cm³/mol. The Kier molecular flexibility index (Phi) is 6.84. The summed E-state index contributed by atoms with van der Waals surface area (Å²) in [7, 11) is 0. The average Bonchev–Trinajstić information content (AvgIpc) is 2.95. The molecule has 0 radical (unpaired) electrons. The van der Waals surface area contributed by atoms with E-state index in [2.05, 4.69) is 5.32 Å². The van der Waals surface area contributed by atoms with Crippen LogP contribution in [0.15, 0.2) is 36.4 Å². The zero-order valence-electron chi connectivity index (χ0n) is 16.4. The van der Waals surface area contributed by atoms with Gasteiger partial charge in [-0.2, -0.15) is 5.26 Å². The van der Waals surface area contributed by atoms with E-state index in [1.54, 1.807) is 12.1 Å². The van der Waals surface area contributed by atoms with Crippen molar-refractivity contribution in [3.05, 3.63) is 52.5 Å². The number of fused-ring (bicyclic) bond motifs is 1. The summed E-state index contributed by atoms with van der Waals surface area (Å²) in [5.74, 6) is 1.66. The quantitative estimate of drug-likeness (QED) is 0.763. The van der Waals surface area contributed by atoms with Gasteiger partial charge in [0.1, 0.15) is 5.75 Å². The van der Waals surface area contributed by atoms with Crippen molar-refractivity contribution in [2.24, 2.45) is 5.92 Å². The first-order chi connectivity index (χ1) is 14.0. The summed E-state index contributed by atoms with van der Waals surface area (Å²) >= 11 is 6.09. The van der Waals surface area contributed by atoms with E-state index in [4.69, 9.17) is 31.1 Å². The highest BCUT2D eigenvalue weighted by Crippen LogP contribution is 2.34. The molecule has 2 aromatic rings. The van der Waals surface area contributed by atoms with Crippen LogP contribution in [0.1, 0.15) is 37.4 Å². The van der Waals surface area contributed by atoms with Crippen molar-refractivity contribution in [1.29, 1.82) is 5.26 Å². The Balaban J connectivity index is 1.67. The van der Waals surface area contributed by atoms with Crippen molar-refractivity contribution in [3.8, 4) is 23.3 Å². The van der Waals surface area contributed by atoms with Crippen molar-refractivity contribution in [1.82, 2.24) is 5.32 Å². The van der Waals surface area contributed by atoms with Gasteiger partial charge in [-0.25, -0.2) is 0 Å². The lowest BCUT2D eigenvalue weighted by atomic mass is 9.95. The van der Waals surface area contributed by atoms with E-state index in [-0.39, 0.29) is 24.5 Å². The van der Waals surface area contributed by atoms with Gasteiger partial charge in [-0.05, 0) is 41.8 Å². The van der Waals surface area contributed by atoms with Gasteiger partial charge in [0.15, 0.2) is 18.1 Å². The lowest BCUT2D eigenvalue weighted by Gasteiger charge is -2.24. The fourth-order valence-electron chi connectivity index (χ4n) is 3.05. The van der Waals surface area contributed by atoms with Crippen LogP contribution in [-0.4, -0.2) is 25.7 Å². The van der Waals surface area contributed by atoms with Gasteiger partial charge in [0, 0.05) is 6.42 Å². The van der Waals surface area contributed by atoms with Gasteiger partial charge in [0.25, 0.3) is 5.91 Å². The Morgan fingerprint density at radius 1 is 1.21 bits per heavy atom. The maximum absolute atomic E-state index is 12.5. The fraction of sp³-hybridized carbons (Fsp3) is 0.364. The molecule has 1 atom stereocenters. The molecule has 1 heterocycles. The number of ether oxygens (including phenoxy) is 3. The number of halogens is 1. The maximum Gasteiger partial charge on any atom is 0.258 e. The molecule has 29 heavy (non-hydrogen) atoms. The molecule has 0 spiro atoms. The van der Waals surface area contributed by atoms with E-state index < -0.39 is 0 Å². The van der Waals surface area contributed by atoms with Crippen LogP contribution in [0.5, 0.6) is 17.2 Å². The Bertz CT molecular complexity index is 924. The summed E-state index contributed by atoms with van der Waals surface area (Å²) in [5.41, 5.74) is 1.37. The number of carbonyl (C=O) groups excluding carboxylic acids is 1. The summed E-state index contributed by atoms with van der Waals surface area (Å²) < 4.78 is 17.0. The number of nitrogens with one attached hydrogen (secondary N) is 1. The number of carbonyl (C=O) groups is 1. The van der Waals surface area contributed by atoms with Crippen LogP contribution in [0.25, 0.3) is 0 Å². The van der Waals surface area contributed by atoms with Gasteiger partial charge in [0.05, 0.1) is 35.9 Å². The second-order valence-electron chi connectivity index (χ2n) is 7.09. The molecule has 0 saturated heterocycles. The van der Waals surface area contributed by atoms with Gasteiger partial charge < -0.3 is 19.5 Å². The van der Waals surface area contributed by atoms with Gasteiger partial charge in [0.2, 0.25) is 0 Å². The van der Waals surface area contributed by atoms with Crippen LogP contribution in [-0.2, 0) is 4.79 Å². The highest BCUT2D eigenvalue weighted by Gasteiger charge is 2.21. The SMILES string of the molecule is CC(C)[C@@H](NC(=O)COc1ccc(C#N)cc1Cl)c1ccc2c(c1)OCCCO2. The summed E-state index contributed by atoms with van der Waals surface area (Å²) in [6.07, 6.45) is 0.837. The molecular weight excluding hydrogens is 392 g/mol. The topological polar surface area (TPSA) is 80.6 Å². The lowest BCUT2D eigenvalue weighted by Crippen LogP contribution is -2.35. The molecular formula is C22H23ClN2O4. The second-order valence-corrected chi connectivity index (χ2v) is 7.50. The molecule has 0 fully saturated rings. The van der Waals surface area contributed by atoms with E-state index in [1.165, 1.54) is 6.07 Å². The fourth-order valence-corrected chi connectivity index (χ4v) is 3.29. The molecule has 1 amide bonds. The second kappa shape index (κ2) is 9.53. The maximum atomic E-state index is 12.5. The molecule has 152 valence electrons. The van der Waals surface area contributed by atoms with Gasteiger partial charge >= 0.3 is 0 Å². The van der Waals surface area contributed by atoms with Gasteiger partial charge in [-0.1, -0.05) is 31.5 Å². The number of nitriles is 1. The van der Waals surface area contributed by atoms with Crippen LogP contribution in [0.3, 0.4) is 0 Å². The molecule has 7 heteroatoms. The molecule has 1 aliphatic heterocycles. The third-order valence-electron chi connectivity index (χ3n) is 4.53. The first kappa shape index (κ1) is 20.8. The summed E-state index contributed by atoms with van der Waals surface area (Å²) in [6, 6.07) is 12.2. The minimum atomic E-state index is -0.267. The van der Waals surface area contributed by atoms with E-state index in [1.807, 2.05) is 38.1 Å². The normalized spacial score (nSPS) is 13.9. The standard InChI is InChI=1S/C22H23ClN2O4/c1-14(2)22(16-5-7-19-20(11-16)28-9-3-8-27-19)25-21(26)13-29-18-6-4-15(12-24)10-17(18)23/h4-7,10-11,14,22H,3,8-9,13H2,1-2H3,(H,25,26)/t22-/m1/s1. The van der Waals surface area contributed by atoms with Gasteiger partial charge in [-0.15, -0.1) is 0 Å². The molecule has 0 unspecified atom stereocenters. The molecule has 0 aromatic heterocycles.